The summed E-state index contributed by atoms with van der Waals surface area (Å²) in [5.41, 5.74) is 4.87. The molecule has 0 radical (unpaired) electrons. The number of amides is 2. The molecule has 0 aromatic rings. The van der Waals surface area contributed by atoms with Crippen molar-refractivity contribution in [2.75, 3.05) is 13.2 Å². The van der Waals surface area contributed by atoms with E-state index in [9.17, 15) is 9.59 Å². The summed E-state index contributed by atoms with van der Waals surface area (Å²) < 4.78 is 5.00. The Morgan fingerprint density at radius 1 is 0.720 bits per heavy atom. The average Bonchev–Trinajstić information content (AvgIpc) is 2.59. The third-order valence-electron chi connectivity index (χ3n) is 4.42. The second kappa shape index (κ2) is 19.1. The number of rotatable bonds is 18. The van der Waals surface area contributed by atoms with Crippen LogP contribution in [0.3, 0.4) is 0 Å². The van der Waals surface area contributed by atoms with E-state index in [1.165, 1.54) is 83.5 Å². The lowest BCUT2D eigenvalue weighted by molar-refractivity contribution is -0.142. The van der Waals surface area contributed by atoms with Crippen molar-refractivity contribution in [2.45, 2.75) is 103 Å². The normalized spacial score (nSPS) is 10.6. The number of carbonyl (C=O) groups excluding carboxylic acids is 2. The van der Waals surface area contributed by atoms with Crippen LogP contribution < -0.4 is 11.1 Å². The molecule has 0 saturated heterocycles. The van der Waals surface area contributed by atoms with Crippen LogP contribution in [-0.4, -0.2) is 25.2 Å². The largest absolute Gasteiger partial charge is 0.464 e. The fourth-order valence-corrected chi connectivity index (χ4v) is 2.87. The predicted octanol–water partition coefficient (Wildman–Crippen LogP) is 5.07. The van der Waals surface area contributed by atoms with Gasteiger partial charge in [0.2, 0.25) is 0 Å². The number of urea groups is 1. The maximum absolute atomic E-state index is 11.2. The van der Waals surface area contributed by atoms with Crippen molar-refractivity contribution in [1.29, 1.82) is 0 Å². The molecule has 0 aliphatic carbocycles. The van der Waals surface area contributed by atoms with E-state index < -0.39 is 12.0 Å². The third-order valence-corrected chi connectivity index (χ3v) is 4.42. The molecular formula is C20H40N2O3. The molecule has 148 valence electrons. The van der Waals surface area contributed by atoms with Gasteiger partial charge < -0.3 is 15.8 Å². The molecule has 3 N–H and O–H groups in total. The van der Waals surface area contributed by atoms with Gasteiger partial charge >= 0.3 is 12.0 Å². The first-order chi connectivity index (χ1) is 12.2. The summed E-state index contributed by atoms with van der Waals surface area (Å²) in [5.74, 6) is -0.427. The van der Waals surface area contributed by atoms with Crippen molar-refractivity contribution in [3.05, 3.63) is 0 Å². The van der Waals surface area contributed by atoms with Crippen molar-refractivity contribution in [3.8, 4) is 0 Å². The van der Waals surface area contributed by atoms with E-state index >= 15 is 0 Å². The standard InChI is InChI=1S/C20H40N2O3/c1-2-3-4-5-6-7-8-9-10-11-12-13-14-15-16-17-25-19(23)18-22-20(21)24/h2-18H2,1H3,(H3,21,22,24). The van der Waals surface area contributed by atoms with E-state index in [1.807, 2.05) is 0 Å². The smallest absolute Gasteiger partial charge is 0.325 e. The fraction of sp³-hybridized carbons (Fsp3) is 0.900. The molecule has 0 rings (SSSR count). The quantitative estimate of drug-likeness (QED) is 0.266. The Bertz CT molecular complexity index is 322. The number of primary amides is 1. The lowest BCUT2D eigenvalue weighted by Gasteiger charge is -2.05. The number of esters is 1. The zero-order valence-electron chi connectivity index (χ0n) is 16.3. The Kier molecular flexibility index (Phi) is 18.1. The van der Waals surface area contributed by atoms with Crippen LogP contribution in [0.1, 0.15) is 103 Å². The fourth-order valence-electron chi connectivity index (χ4n) is 2.87. The second-order valence-electron chi connectivity index (χ2n) is 6.89. The lowest BCUT2D eigenvalue weighted by Crippen LogP contribution is -2.34. The van der Waals surface area contributed by atoms with Crippen molar-refractivity contribution >= 4 is 12.0 Å². The summed E-state index contributed by atoms with van der Waals surface area (Å²) in [6.45, 7) is 2.55. The highest BCUT2D eigenvalue weighted by Crippen LogP contribution is 2.13. The van der Waals surface area contributed by atoms with E-state index in [4.69, 9.17) is 10.5 Å². The number of hydrogen-bond acceptors (Lipinski definition) is 3. The maximum atomic E-state index is 11.2. The van der Waals surface area contributed by atoms with Gasteiger partial charge in [0.15, 0.2) is 0 Å². The van der Waals surface area contributed by atoms with E-state index in [-0.39, 0.29) is 6.54 Å². The predicted molar refractivity (Wildman–Crippen MR) is 103 cm³/mol. The summed E-state index contributed by atoms with van der Waals surface area (Å²) in [6.07, 6.45) is 19.7. The summed E-state index contributed by atoms with van der Waals surface area (Å²) in [6, 6.07) is -0.705. The van der Waals surface area contributed by atoms with Crippen LogP contribution in [0.15, 0.2) is 0 Å². The van der Waals surface area contributed by atoms with Crippen LogP contribution in [0.25, 0.3) is 0 Å². The molecule has 0 fully saturated rings. The maximum Gasteiger partial charge on any atom is 0.325 e. The van der Waals surface area contributed by atoms with Gasteiger partial charge in [0.05, 0.1) is 6.61 Å². The van der Waals surface area contributed by atoms with Crippen LogP contribution in [0.4, 0.5) is 4.79 Å². The van der Waals surface area contributed by atoms with E-state index in [2.05, 4.69) is 12.2 Å². The molecule has 0 unspecified atom stereocenters. The molecule has 5 heteroatoms. The number of ether oxygens (including phenoxy) is 1. The van der Waals surface area contributed by atoms with Crippen LogP contribution in [0.2, 0.25) is 0 Å². The van der Waals surface area contributed by atoms with Crippen LogP contribution >= 0.6 is 0 Å². The second-order valence-corrected chi connectivity index (χ2v) is 6.89. The highest BCUT2D eigenvalue weighted by atomic mass is 16.5. The van der Waals surface area contributed by atoms with E-state index in [1.54, 1.807) is 0 Å². The van der Waals surface area contributed by atoms with Gasteiger partial charge in [-0.2, -0.15) is 0 Å². The minimum Gasteiger partial charge on any atom is -0.464 e. The zero-order chi connectivity index (χ0) is 18.6. The minimum atomic E-state index is -0.705. The van der Waals surface area contributed by atoms with Crippen LogP contribution in [0, 0.1) is 0 Å². The monoisotopic (exact) mass is 356 g/mol. The Morgan fingerprint density at radius 3 is 1.52 bits per heavy atom. The van der Waals surface area contributed by atoms with Gasteiger partial charge in [0.25, 0.3) is 0 Å². The lowest BCUT2D eigenvalue weighted by atomic mass is 10.0. The molecule has 0 spiro atoms. The SMILES string of the molecule is CCCCCCCCCCCCCCCCCOC(=O)CNC(N)=O. The van der Waals surface area contributed by atoms with Crippen molar-refractivity contribution in [3.63, 3.8) is 0 Å². The van der Waals surface area contributed by atoms with Gasteiger partial charge in [-0.1, -0.05) is 96.8 Å². The van der Waals surface area contributed by atoms with E-state index in [0.29, 0.717) is 6.61 Å². The number of carbonyl (C=O) groups is 2. The Hall–Kier alpha value is -1.26. The topological polar surface area (TPSA) is 81.4 Å². The molecule has 0 aliphatic heterocycles. The first-order valence-electron chi connectivity index (χ1n) is 10.4. The summed E-state index contributed by atoms with van der Waals surface area (Å²) in [7, 11) is 0. The molecule has 0 bridgehead atoms. The van der Waals surface area contributed by atoms with E-state index in [0.717, 1.165) is 12.8 Å². The molecule has 5 nitrogen and oxygen atoms in total. The molecule has 0 atom stereocenters. The minimum absolute atomic E-state index is 0.145. The molecule has 25 heavy (non-hydrogen) atoms. The molecule has 0 heterocycles. The first-order valence-corrected chi connectivity index (χ1v) is 10.4. The first kappa shape index (κ1) is 23.7. The van der Waals surface area contributed by atoms with Crippen molar-refractivity contribution in [1.82, 2.24) is 5.32 Å². The van der Waals surface area contributed by atoms with Gasteiger partial charge in [-0.05, 0) is 6.42 Å². The van der Waals surface area contributed by atoms with Gasteiger partial charge in [0.1, 0.15) is 6.54 Å². The summed E-state index contributed by atoms with van der Waals surface area (Å²) in [5, 5.41) is 2.21. The highest BCUT2D eigenvalue weighted by molar-refractivity contribution is 5.79. The molecule has 2 amide bonds. The van der Waals surface area contributed by atoms with Crippen molar-refractivity contribution in [2.24, 2.45) is 5.73 Å². The van der Waals surface area contributed by atoms with Crippen molar-refractivity contribution < 1.29 is 14.3 Å². The summed E-state index contributed by atoms with van der Waals surface area (Å²) >= 11 is 0. The number of nitrogens with one attached hydrogen (secondary N) is 1. The Labute approximate surface area is 154 Å². The highest BCUT2D eigenvalue weighted by Gasteiger charge is 2.03. The number of hydrogen-bond donors (Lipinski definition) is 2. The number of nitrogens with two attached hydrogens (primary N) is 1. The Balaban J connectivity index is 3.09. The number of unbranched alkanes of at least 4 members (excludes halogenated alkanes) is 14. The molecule has 0 aliphatic rings. The third kappa shape index (κ3) is 20.7. The average molecular weight is 357 g/mol. The van der Waals surface area contributed by atoms with Crippen LogP contribution in [-0.2, 0) is 9.53 Å². The summed E-state index contributed by atoms with van der Waals surface area (Å²) in [4.78, 5) is 21.6. The molecule has 0 saturated carbocycles. The van der Waals surface area contributed by atoms with Gasteiger partial charge in [-0.15, -0.1) is 0 Å². The van der Waals surface area contributed by atoms with Gasteiger partial charge in [-0.25, -0.2) is 4.79 Å². The van der Waals surface area contributed by atoms with Gasteiger partial charge in [0, 0.05) is 0 Å². The molecule has 0 aromatic carbocycles. The zero-order valence-corrected chi connectivity index (χ0v) is 16.3. The molecule has 0 aromatic heterocycles. The van der Waals surface area contributed by atoms with Crippen LogP contribution in [0.5, 0.6) is 0 Å². The Morgan fingerprint density at radius 2 is 1.12 bits per heavy atom. The molecular weight excluding hydrogens is 316 g/mol. The van der Waals surface area contributed by atoms with Gasteiger partial charge in [-0.3, -0.25) is 4.79 Å².